The second-order valence-corrected chi connectivity index (χ2v) is 18.3. The summed E-state index contributed by atoms with van der Waals surface area (Å²) < 4.78 is 2.30. The Morgan fingerprint density at radius 1 is 0.481 bits per heavy atom. The molecule has 54 heavy (non-hydrogen) atoms. The first-order chi connectivity index (χ1) is 26.7. The second-order valence-electron chi connectivity index (χ2n) is 14.5. The Labute approximate surface area is 326 Å². The summed E-state index contributed by atoms with van der Waals surface area (Å²) in [5, 5.41) is 4.46. The van der Waals surface area contributed by atoms with Gasteiger partial charge in [-0.05, 0) is 52.4 Å². The Kier molecular flexibility index (Phi) is 14.5. The molecule has 0 atom stereocenters. The summed E-state index contributed by atoms with van der Waals surface area (Å²) >= 11 is 0. The molecule has 6 aromatic carbocycles. The lowest BCUT2D eigenvalue weighted by molar-refractivity contribution is 0.717. The normalized spacial score (nSPS) is 11.1. The number of aromatic nitrogens is 2. The van der Waals surface area contributed by atoms with E-state index >= 15 is 0 Å². The van der Waals surface area contributed by atoms with Crippen LogP contribution in [0, 0.1) is 0 Å². The smallest absolute Gasteiger partial charge is 0.241 e. The molecule has 0 saturated carbocycles. The van der Waals surface area contributed by atoms with E-state index in [4.69, 9.17) is 0 Å². The van der Waals surface area contributed by atoms with E-state index in [2.05, 4.69) is 199 Å². The molecule has 0 saturated heterocycles. The van der Waals surface area contributed by atoms with E-state index in [-0.39, 0.29) is 0 Å². The molecule has 0 unspecified atom stereocenters. The molecule has 272 valence electrons. The summed E-state index contributed by atoms with van der Waals surface area (Å²) in [6, 6.07) is 62.4. The van der Waals surface area contributed by atoms with Crippen LogP contribution in [-0.2, 0) is 19.0 Å². The Balaban J connectivity index is 0.000000219. The SMILES string of the molecule is CCCCCc1cccc([Si](Cn2ccnc2)(c2ccccc2)c2cccc(CCCCC)c2)c1.c1ccc(B(c2ccccc2)c2ccccc2)cc1. The number of nitrogens with zero attached hydrogens (tertiary/aromatic N) is 2. The van der Waals surface area contributed by atoms with Crippen LogP contribution in [0.1, 0.15) is 63.5 Å². The van der Waals surface area contributed by atoms with E-state index < -0.39 is 8.07 Å². The van der Waals surface area contributed by atoms with Crippen LogP contribution in [0.2, 0.25) is 0 Å². The van der Waals surface area contributed by atoms with Gasteiger partial charge in [0, 0.05) is 18.6 Å². The summed E-state index contributed by atoms with van der Waals surface area (Å²) in [6.07, 6.45) is 16.9. The number of rotatable bonds is 16. The fourth-order valence-corrected chi connectivity index (χ4v) is 12.5. The number of unbranched alkanes of at least 4 members (excludes halogenated alkanes) is 4. The zero-order chi connectivity index (χ0) is 37.3. The highest BCUT2D eigenvalue weighted by Crippen LogP contribution is 2.16. The van der Waals surface area contributed by atoms with Gasteiger partial charge in [-0.1, -0.05) is 226 Å². The first kappa shape index (κ1) is 38.5. The largest absolute Gasteiger partial charge is 0.339 e. The predicted molar refractivity (Wildman–Crippen MR) is 237 cm³/mol. The van der Waals surface area contributed by atoms with Gasteiger partial charge in [0.1, 0.15) is 0 Å². The highest BCUT2D eigenvalue weighted by Gasteiger charge is 2.40. The zero-order valence-electron chi connectivity index (χ0n) is 32.2. The van der Waals surface area contributed by atoms with E-state index in [1.165, 1.54) is 81.6 Å². The number of aryl methyl sites for hydroxylation is 2. The Hall–Kier alpha value is -5.19. The molecule has 0 spiro atoms. The van der Waals surface area contributed by atoms with Gasteiger partial charge in [0.2, 0.25) is 6.71 Å². The summed E-state index contributed by atoms with van der Waals surface area (Å²) in [7, 11) is -2.36. The zero-order valence-corrected chi connectivity index (χ0v) is 33.2. The van der Waals surface area contributed by atoms with Crippen molar-refractivity contribution in [3.63, 3.8) is 0 Å². The minimum absolute atomic E-state index is 0.309. The van der Waals surface area contributed by atoms with Crippen molar-refractivity contribution in [2.24, 2.45) is 0 Å². The molecule has 4 heteroatoms. The van der Waals surface area contributed by atoms with Gasteiger partial charge in [0.25, 0.3) is 0 Å². The highest BCUT2D eigenvalue weighted by molar-refractivity contribution is 7.10. The van der Waals surface area contributed by atoms with Crippen LogP contribution in [0.5, 0.6) is 0 Å². The number of hydrogen-bond acceptors (Lipinski definition) is 1. The lowest BCUT2D eigenvalue weighted by Crippen LogP contribution is -2.69. The van der Waals surface area contributed by atoms with Crippen molar-refractivity contribution in [2.75, 3.05) is 0 Å². The average molecular weight is 723 g/mol. The van der Waals surface area contributed by atoms with E-state index in [1.54, 1.807) is 0 Å². The molecule has 0 fully saturated rings. The highest BCUT2D eigenvalue weighted by atomic mass is 28.3. The molecule has 1 heterocycles. The van der Waals surface area contributed by atoms with Crippen molar-refractivity contribution < 1.29 is 0 Å². The van der Waals surface area contributed by atoms with Crippen LogP contribution in [-0.4, -0.2) is 24.3 Å². The van der Waals surface area contributed by atoms with Gasteiger partial charge in [-0.25, -0.2) is 4.98 Å². The molecule has 0 radical (unpaired) electrons. The Morgan fingerprint density at radius 3 is 1.31 bits per heavy atom. The maximum Gasteiger partial charge on any atom is 0.241 e. The van der Waals surface area contributed by atoms with Crippen molar-refractivity contribution in [3.8, 4) is 0 Å². The van der Waals surface area contributed by atoms with E-state index in [1.807, 2.05) is 12.5 Å². The van der Waals surface area contributed by atoms with E-state index in [0.29, 0.717) is 6.71 Å². The Bertz CT molecular complexity index is 1920. The minimum Gasteiger partial charge on any atom is -0.339 e. The molecule has 7 rings (SSSR count). The van der Waals surface area contributed by atoms with Crippen molar-refractivity contribution in [1.82, 2.24) is 9.55 Å². The fraction of sp³-hybridized carbons (Fsp3) is 0.220. The fourth-order valence-electron chi connectivity index (χ4n) is 7.81. The van der Waals surface area contributed by atoms with Gasteiger partial charge >= 0.3 is 0 Å². The molecule has 7 aromatic rings. The van der Waals surface area contributed by atoms with Crippen LogP contribution in [0.3, 0.4) is 0 Å². The van der Waals surface area contributed by atoms with Crippen LogP contribution >= 0.6 is 0 Å². The van der Waals surface area contributed by atoms with Gasteiger partial charge in [0.05, 0.1) is 6.33 Å². The van der Waals surface area contributed by atoms with E-state index in [9.17, 15) is 0 Å². The van der Waals surface area contributed by atoms with Crippen LogP contribution < -0.4 is 31.9 Å². The predicted octanol–water partition coefficient (Wildman–Crippen LogP) is 8.26. The first-order valence-corrected chi connectivity index (χ1v) is 22.3. The molecular formula is C50H55BN2Si. The van der Waals surface area contributed by atoms with Gasteiger partial charge in [-0.2, -0.15) is 0 Å². The summed E-state index contributed by atoms with van der Waals surface area (Å²) in [5.74, 6) is 0. The Morgan fingerprint density at radius 2 is 0.907 bits per heavy atom. The third-order valence-electron chi connectivity index (χ3n) is 10.6. The topological polar surface area (TPSA) is 17.8 Å². The average Bonchev–Trinajstić information content (AvgIpc) is 3.76. The monoisotopic (exact) mass is 722 g/mol. The van der Waals surface area contributed by atoms with Crippen molar-refractivity contribution in [3.05, 3.63) is 200 Å². The summed E-state index contributed by atoms with van der Waals surface area (Å²) in [6.45, 7) is 4.87. The molecule has 0 N–H and O–H groups in total. The van der Waals surface area contributed by atoms with Crippen molar-refractivity contribution in [1.29, 1.82) is 0 Å². The molecule has 0 aliphatic carbocycles. The van der Waals surface area contributed by atoms with Gasteiger partial charge in [0.15, 0.2) is 8.07 Å². The molecular weight excluding hydrogens is 667 g/mol. The lowest BCUT2D eigenvalue weighted by Gasteiger charge is -2.34. The second kappa shape index (κ2) is 20.3. The third kappa shape index (κ3) is 10.1. The molecule has 0 aliphatic rings. The maximum atomic E-state index is 4.41. The van der Waals surface area contributed by atoms with Crippen LogP contribution in [0.4, 0.5) is 0 Å². The van der Waals surface area contributed by atoms with Crippen LogP contribution in [0.15, 0.2) is 189 Å². The van der Waals surface area contributed by atoms with Crippen molar-refractivity contribution >= 4 is 46.7 Å². The molecule has 0 amide bonds. The quantitative estimate of drug-likeness (QED) is 0.0558. The minimum atomic E-state index is -2.36. The molecule has 2 nitrogen and oxygen atoms in total. The standard InChI is InChI=1S/C32H40N2Si.C18H15B/c1-3-5-8-14-28-16-12-20-31(24-28)35(27-34-23-22-33-26-34,30-18-10-7-11-19-30)32-21-13-17-29(25-32)15-9-6-4-2;1-4-10-16(11-5-1)19(17-12-6-2-7-13-17)18-14-8-3-9-15-18/h7,10-13,16-26H,3-6,8-9,14-15,27H2,1-2H3;1-15H. The summed E-state index contributed by atoms with van der Waals surface area (Å²) in [5.41, 5.74) is 6.93. The number of benzene rings is 6. The van der Waals surface area contributed by atoms with E-state index in [0.717, 1.165) is 19.0 Å². The van der Waals surface area contributed by atoms with Crippen LogP contribution in [0.25, 0.3) is 0 Å². The maximum absolute atomic E-state index is 4.41. The molecule has 0 bridgehead atoms. The summed E-state index contributed by atoms with van der Waals surface area (Å²) in [4.78, 5) is 4.41. The third-order valence-corrected chi connectivity index (χ3v) is 15.4. The molecule has 0 aliphatic heterocycles. The number of hydrogen-bond donors (Lipinski definition) is 0. The van der Waals surface area contributed by atoms with Gasteiger partial charge in [-0.3, -0.25) is 0 Å². The van der Waals surface area contributed by atoms with Gasteiger partial charge in [-0.15, -0.1) is 0 Å². The van der Waals surface area contributed by atoms with Crippen molar-refractivity contribution in [2.45, 2.75) is 71.4 Å². The molecule has 1 aromatic heterocycles. The number of imidazole rings is 1. The lowest BCUT2D eigenvalue weighted by atomic mass is 9.37. The van der Waals surface area contributed by atoms with Gasteiger partial charge < -0.3 is 4.57 Å². The first-order valence-electron chi connectivity index (χ1n) is 20.1.